The molecule has 2 rings (SSSR count). The van der Waals surface area contributed by atoms with Gasteiger partial charge in [-0.25, -0.2) is 4.39 Å². The summed E-state index contributed by atoms with van der Waals surface area (Å²) in [6.07, 6.45) is -5.31. The van der Waals surface area contributed by atoms with Gasteiger partial charge in [0.1, 0.15) is 23.1 Å². The Hall–Kier alpha value is -3.06. The van der Waals surface area contributed by atoms with Crippen LogP contribution in [0.3, 0.4) is 0 Å². The Morgan fingerprint density at radius 1 is 1.24 bits per heavy atom. The average molecular weight is 369 g/mol. The predicted molar refractivity (Wildman–Crippen MR) is 80.6 cm³/mol. The van der Waals surface area contributed by atoms with Crippen molar-refractivity contribution in [1.29, 1.82) is 5.26 Å². The number of aliphatic hydroxyl groups is 1. The van der Waals surface area contributed by atoms with Crippen LogP contribution >= 0.6 is 11.3 Å². The second-order valence-electron chi connectivity index (χ2n) is 4.45. The van der Waals surface area contributed by atoms with Crippen LogP contribution in [0, 0.1) is 17.1 Å². The van der Waals surface area contributed by atoms with Crippen molar-refractivity contribution < 1.29 is 27.5 Å². The van der Waals surface area contributed by atoms with Crippen LogP contribution in [-0.2, 0) is 4.79 Å². The standard InChI is InChI=1S/C15H7F4N3O2S/c16-9-3-1-4-10(8(9)7-20)21-22-12(14(24)15(17,18)19)13(23)11-5-2-6-25-11/h1-6,23H/b13-12-,22-21?. The summed E-state index contributed by atoms with van der Waals surface area (Å²) in [5.41, 5.74) is -2.29. The van der Waals surface area contributed by atoms with Gasteiger partial charge in [-0.1, -0.05) is 12.1 Å². The monoisotopic (exact) mass is 369 g/mol. The summed E-state index contributed by atoms with van der Waals surface area (Å²) in [6, 6.07) is 7.47. The fourth-order valence-corrected chi connectivity index (χ4v) is 2.34. The Balaban J connectivity index is 2.56. The zero-order valence-electron chi connectivity index (χ0n) is 12.1. The van der Waals surface area contributed by atoms with E-state index in [4.69, 9.17) is 5.26 Å². The summed E-state index contributed by atoms with van der Waals surface area (Å²) >= 11 is 0.878. The van der Waals surface area contributed by atoms with Gasteiger partial charge < -0.3 is 5.11 Å². The maximum absolute atomic E-state index is 13.5. The first kappa shape index (κ1) is 18.3. The maximum Gasteiger partial charge on any atom is 0.456 e. The van der Waals surface area contributed by atoms with E-state index in [9.17, 15) is 27.5 Å². The highest BCUT2D eigenvalue weighted by Crippen LogP contribution is 2.30. The van der Waals surface area contributed by atoms with Crippen LogP contribution in [0.5, 0.6) is 0 Å². The zero-order valence-corrected chi connectivity index (χ0v) is 12.9. The summed E-state index contributed by atoms with van der Waals surface area (Å²) in [5.74, 6) is -4.39. The summed E-state index contributed by atoms with van der Waals surface area (Å²) in [6.45, 7) is 0. The third-order valence-corrected chi connectivity index (χ3v) is 3.69. The van der Waals surface area contributed by atoms with Gasteiger partial charge in [0.15, 0.2) is 11.5 Å². The number of alkyl halides is 3. The molecule has 128 valence electrons. The highest BCUT2D eigenvalue weighted by Gasteiger charge is 2.43. The van der Waals surface area contributed by atoms with Crippen LogP contribution in [-0.4, -0.2) is 17.1 Å². The van der Waals surface area contributed by atoms with E-state index in [0.717, 1.165) is 23.5 Å². The minimum Gasteiger partial charge on any atom is -0.504 e. The third-order valence-electron chi connectivity index (χ3n) is 2.81. The lowest BCUT2D eigenvalue weighted by Crippen LogP contribution is -2.24. The van der Waals surface area contributed by atoms with Crippen LogP contribution in [0.25, 0.3) is 5.76 Å². The second kappa shape index (κ2) is 7.23. The second-order valence-corrected chi connectivity index (χ2v) is 5.39. The lowest BCUT2D eigenvalue weighted by Gasteiger charge is -2.07. The average Bonchev–Trinajstić information content (AvgIpc) is 3.08. The zero-order chi connectivity index (χ0) is 18.6. The minimum atomic E-state index is -5.31. The molecule has 0 aliphatic rings. The molecule has 0 aliphatic carbocycles. The van der Waals surface area contributed by atoms with E-state index in [-0.39, 0.29) is 10.6 Å². The third kappa shape index (κ3) is 4.07. The van der Waals surface area contributed by atoms with Gasteiger partial charge in [0.05, 0.1) is 4.88 Å². The number of allylic oxidation sites excluding steroid dienone is 1. The molecule has 0 fully saturated rings. The Labute approximate surface area is 142 Å². The number of nitriles is 1. The molecule has 1 heterocycles. The normalized spacial score (nSPS) is 12.8. The van der Waals surface area contributed by atoms with Crippen LogP contribution in [0.1, 0.15) is 10.4 Å². The van der Waals surface area contributed by atoms with Gasteiger partial charge in [0.25, 0.3) is 5.78 Å². The topological polar surface area (TPSA) is 85.8 Å². The lowest BCUT2D eigenvalue weighted by molar-refractivity contribution is -0.166. The molecule has 10 heteroatoms. The molecule has 0 saturated heterocycles. The van der Waals surface area contributed by atoms with Crippen molar-refractivity contribution in [3.63, 3.8) is 0 Å². The van der Waals surface area contributed by atoms with Gasteiger partial charge in [-0.15, -0.1) is 21.6 Å². The van der Waals surface area contributed by atoms with Gasteiger partial charge in [0.2, 0.25) is 0 Å². The van der Waals surface area contributed by atoms with E-state index in [1.165, 1.54) is 29.6 Å². The molecule has 1 N–H and O–H groups in total. The molecular formula is C15H7F4N3O2S. The highest BCUT2D eigenvalue weighted by molar-refractivity contribution is 7.11. The molecule has 25 heavy (non-hydrogen) atoms. The first-order valence-electron chi connectivity index (χ1n) is 6.44. The first-order chi connectivity index (χ1) is 11.8. The smallest absolute Gasteiger partial charge is 0.456 e. The molecule has 0 radical (unpaired) electrons. The fourth-order valence-electron chi connectivity index (χ4n) is 1.68. The Morgan fingerprint density at radius 2 is 1.96 bits per heavy atom. The molecule has 0 bridgehead atoms. The highest BCUT2D eigenvalue weighted by atomic mass is 32.1. The number of aliphatic hydroxyl groups excluding tert-OH is 1. The van der Waals surface area contributed by atoms with E-state index in [1.807, 2.05) is 0 Å². The molecule has 0 unspecified atom stereocenters. The van der Waals surface area contributed by atoms with E-state index in [2.05, 4.69) is 10.2 Å². The molecule has 0 atom stereocenters. The van der Waals surface area contributed by atoms with Crippen LogP contribution < -0.4 is 0 Å². The largest absolute Gasteiger partial charge is 0.504 e. The number of hydrogen-bond donors (Lipinski definition) is 1. The lowest BCUT2D eigenvalue weighted by atomic mass is 10.2. The van der Waals surface area contributed by atoms with Crippen molar-refractivity contribution in [2.45, 2.75) is 6.18 Å². The molecule has 5 nitrogen and oxygen atoms in total. The van der Waals surface area contributed by atoms with Gasteiger partial charge >= 0.3 is 6.18 Å². The number of hydrogen-bond acceptors (Lipinski definition) is 6. The van der Waals surface area contributed by atoms with Gasteiger partial charge in [-0.2, -0.15) is 18.4 Å². The number of azo groups is 1. The van der Waals surface area contributed by atoms with Gasteiger partial charge in [-0.3, -0.25) is 4.79 Å². The molecule has 0 saturated carbocycles. The number of carbonyl (C=O) groups is 1. The molecule has 1 aromatic heterocycles. The quantitative estimate of drug-likeness (QED) is 0.360. The van der Waals surface area contributed by atoms with Crippen molar-refractivity contribution in [1.82, 2.24) is 0 Å². The molecule has 1 aromatic carbocycles. The number of benzene rings is 1. The Bertz CT molecular complexity index is 896. The molecule has 0 aliphatic heterocycles. The van der Waals surface area contributed by atoms with E-state index >= 15 is 0 Å². The Kier molecular flexibility index (Phi) is 5.29. The number of halogens is 4. The number of thiophene rings is 1. The van der Waals surface area contributed by atoms with Crippen molar-refractivity contribution in [2.24, 2.45) is 10.2 Å². The molecule has 0 amide bonds. The number of nitrogens with zero attached hydrogens (tertiary/aromatic N) is 3. The van der Waals surface area contributed by atoms with E-state index in [1.54, 1.807) is 0 Å². The number of carbonyl (C=O) groups excluding carboxylic acids is 1. The predicted octanol–water partition coefficient (Wildman–Crippen LogP) is 4.90. The summed E-state index contributed by atoms with van der Waals surface area (Å²) in [5, 5.41) is 26.7. The number of Topliss-reactive ketones (excluding diaryl/α,β-unsaturated/α-hetero) is 1. The molecule has 0 spiro atoms. The first-order valence-corrected chi connectivity index (χ1v) is 7.32. The Morgan fingerprint density at radius 3 is 2.52 bits per heavy atom. The van der Waals surface area contributed by atoms with Crippen molar-refractivity contribution in [3.05, 3.63) is 57.7 Å². The molecular weight excluding hydrogens is 362 g/mol. The summed E-state index contributed by atoms with van der Waals surface area (Å²) in [7, 11) is 0. The van der Waals surface area contributed by atoms with E-state index < -0.39 is 34.8 Å². The fraction of sp³-hybridized carbons (Fsp3) is 0.0667. The van der Waals surface area contributed by atoms with Crippen LogP contribution in [0.2, 0.25) is 0 Å². The SMILES string of the molecule is N#Cc1c(F)cccc1N=N/C(C(=O)C(F)(F)F)=C(\O)c1cccs1. The van der Waals surface area contributed by atoms with Crippen LogP contribution in [0.4, 0.5) is 23.2 Å². The van der Waals surface area contributed by atoms with Crippen molar-refractivity contribution in [3.8, 4) is 6.07 Å². The van der Waals surface area contributed by atoms with Crippen LogP contribution in [0.15, 0.2) is 51.6 Å². The summed E-state index contributed by atoms with van der Waals surface area (Å²) < 4.78 is 51.7. The van der Waals surface area contributed by atoms with Crippen molar-refractivity contribution in [2.75, 3.05) is 0 Å². The number of ketones is 1. The minimum absolute atomic E-state index is 0.0358. The van der Waals surface area contributed by atoms with Crippen molar-refractivity contribution >= 4 is 28.6 Å². The maximum atomic E-state index is 13.5. The van der Waals surface area contributed by atoms with Gasteiger partial charge in [-0.05, 0) is 23.6 Å². The summed E-state index contributed by atoms with van der Waals surface area (Å²) in [4.78, 5) is 11.5. The number of rotatable bonds is 4. The molecule has 2 aromatic rings. The van der Waals surface area contributed by atoms with Gasteiger partial charge in [0, 0.05) is 0 Å². The van der Waals surface area contributed by atoms with E-state index in [0.29, 0.717) is 0 Å².